The van der Waals surface area contributed by atoms with Gasteiger partial charge in [0.25, 0.3) is 0 Å². The van der Waals surface area contributed by atoms with E-state index in [0.29, 0.717) is 18.0 Å². The Kier molecular flexibility index (Phi) is 7.46. The Balaban J connectivity index is 0.000000144. The minimum absolute atomic E-state index is 0.0786. The number of carbonyl (C=O) groups excluding carboxylic acids is 1. The number of carbonyl (C=O) groups is 1. The van der Waals surface area contributed by atoms with E-state index >= 15 is 0 Å². The third-order valence-electron chi connectivity index (χ3n) is 10.2. The van der Waals surface area contributed by atoms with E-state index < -0.39 is 0 Å². The van der Waals surface area contributed by atoms with Crippen molar-refractivity contribution < 1.29 is 4.79 Å². The minimum Gasteiger partial charge on any atom is -0.346 e. The van der Waals surface area contributed by atoms with Crippen LogP contribution in [-0.4, -0.2) is 101 Å². The van der Waals surface area contributed by atoms with E-state index in [-0.39, 0.29) is 6.04 Å². The molecule has 3 saturated heterocycles. The number of amides is 1. The van der Waals surface area contributed by atoms with E-state index in [2.05, 4.69) is 73.3 Å². The smallest absolute Gasteiger partial charge is 0.239 e. The van der Waals surface area contributed by atoms with Crippen LogP contribution in [0.1, 0.15) is 57.0 Å². The summed E-state index contributed by atoms with van der Waals surface area (Å²) in [4.78, 5) is 41.5. The molecule has 9 rings (SSSR count). The monoisotopic (exact) mass is 607 g/mol. The fraction of sp³-hybridized carbons (Fsp3) is 0.485. The van der Waals surface area contributed by atoms with Gasteiger partial charge in [0, 0.05) is 48.3 Å². The van der Waals surface area contributed by atoms with Crippen LogP contribution in [0.25, 0.3) is 44.1 Å². The molecule has 3 fully saturated rings. The van der Waals surface area contributed by atoms with E-state index in [9.17, 15) is 4.79 Å². The molecule has 0 bridgehead atoms. The molecule has 45 heavy (non-hydrogen) atoms. The summed E-state index contributed by atoms with van der Waals surface area (Å²) in [5.41, 5.74) is 6.13. The van der Waals surface area contributed by atoms with E-state index in [1.165, 1.54) is 36.6 Å². The molecule has 3 N–H and O–H groups in total. The Morgan fingerprint density at radius 1 is 0.733 bits per heavy atom. The fourth-order valence-corrected chi connectivity index (χ4v) is 7.66. The Morgan fingerprint density at radius 2 is 1.31 bits per heavy atom. The zero-order valence-electron chi connectivity index (χ0n) is 25.8. The molecule has 9 heterocycles. The van der Waals surface area contributed by atoms with Crippen LogP contribution in [0.15, 0.2) is 49.6 Å². The first-order valence-electron chi connectivity index (χ1n) is 16.4. The van der Waals surface area contributed by atoms with Crippen molar-refractivity contribution in [3.63, 3.8) is 0 Å². The van der Waals surface area contributed by atoms with Crippen LogP contribution in [-0.2, 0) is 4.79 Å². The van der Waals surface area contributed by atoms with Gasteiger partial charge in [0.05, 0.1) is 42.1 Å². The number of fused-ring (bicyclic) bond motifs is 6. The number of rotatable bonds is 3. The van der Waals surface area contributed by atoms with Crippen LogP contribution in [0.3, 0.4) is 0 Å². The summed E-state index contributed by atoms with van der Waals surface area (Å²) < 4.78 is 4.62. The van der Waals surface area contributed by atoms with Gasteiger partial charge in [-0.3, -0.25) is 9.69 Å². The van der Waals surface area contributed by atoms with Crippen LogP contribution in [0, 0.1) is 0 Å². The number of H-pyrrole nitrogens is 2. The molecule has 3 aliphatic heterocycles. The number of hydrogen-bond acceptors (Lipinski definition) is 7. The predicted molar refractivity (Wildman–Crippen MR) is 175 cm³/mol. The molecular formula is C33H41N11O. The van der Waals surface area contributed by atoms with E-state index in [1.54, 1.807) is 0 Å². The highest BCUT2D eigenvalue weighted by molar-refractivity contribution is 6.01. The number of nitrogens with zero attached hydrogens (tertiary/aromatic N) is 8. The maximum absolute atomic E-state index is 13.0. The molecule has 3 aliphatic rings. The number of hydrogen-bond donors (Lipinski definition) is 3. The van der Waals surface area contributed by atoms with Crippen molar-refractivity contribution in [1.29, 1.82) is 0 Å². The summed E-state index contributed by atoms with van der Waals surface area (Å²) in [6, 6.07) is 5.17. The highest BCUT2D eigenvalue weighted by Crippen LogP contribution is 2.31. The molecular weight excluding hydrogens is 566 g/mol. The van der Waals surface area contributed by atoms with Crippen LogP contribution in [0.2, 0.25) is 0 Å². The van der Waals surface area contributed by atoms with Crippen LogP contribution in [0.4, 0.5) is 0 Å². The number of likely N-dealkylation sites (tertiary alicyclic amines) is 2. The quantitative estimate of drug-likeness (QED) is 0.272. The summed E-state index contributed by atoms with van der Waals surface area (Å²) in [6.07, 6.45) is 19.1. The molecule has 0 aromatic carbocycles. The number of piperidine rings is 3. The molecule has 6 aromatic heterocycles. The van der Waals surface area contributed by atoms with Crippen molar-refractivity contribution in [2.24, 2.45) is 0 Å². The molecule has 0 spiro atoms. The lowest BCUT2D eigenvalue weighted by atomic mass is 9.99. The van der Waals surface area contributed by atoms with E-state index in [1.807, 2.05) is 37.4 Å². The van der Waals surface area contributed by atoms with Gasteiger partial charge in [-0.05, 0) is 77.3 Å². The summed E-state index contributed by atoms with van der Waals surface area (Å²) in [7, 11) is 2.09. The molecule has 0 saturated carbocycles. The minimum atomic E-state index is 0.0786. The highest BCUT2D eigenvalue weighted by atomic mass is 16.2. The standard InChI is InChI=1S/C20H26N6O.C13H15N5/c1-24-9-3-2-4-17(24)20(27)25-10-6-14(7-11-25)26-13-23-16-12-22-19-15(18(16)26)5-8-21-19;1-4-14-5-2-9(1)18-8-17-11-7-16-13-10(12(11)18)3-6-15-13/h5,8,12-14,17H,2-4,6-7,9-11H2,1H3,(H,21,22);3,6-9,14H,1-2,4-5H2,(H,15,16). The normalized spacial score (nSPS) is 20.7. The van der Waals surface area contributed by atoms with Crippen molar-refractivity contribution in [2.45, 2.75) is 63.1 Å². The van der Waals surface area contributed by atoms with Gasteiger partial charge < -0.3 is 29.3 Å². The van der Waals surface area contributed by atoms with Crippen molar-refractivity contribution in [3.05, 3.63) is 49.6 Å². The predicted octanol–water partition coefficient (Wildman–Crippen LogP) is 4.40. The Morgan fingerprint density at radius 3 is 1.89 bits per heavy atom. The van der Waals surface area contributed by atoms with Gasteiger partial charge >= 0.3 is 0 Å². The Labute approximate surface area is 261 Å². The summed E-state index contributed by atoms with van der Waals surface area (Å²) in [5, 5.41) is 5.69. The Hall–Kier alpha value is -4.29. The lowest BCUT2D eigenvalue weighted by Crippen LogP contribution is -2.51. The molecule has 0 radical (unpaired) electrons. The lowest BCUT2D eigenvalue weighted by Gasteiger charge is -2.38. The summed E-state index contributed by atoms with van der Waals surface area (Å²) in [6.45, 7) is 4.87. The molecule has 1 unspecified atom stereocenters. The first-order chi connectivity index (χ1) is 22.2. The number of aromatic nitrogens is 8. The second-order valence-electron chi connectivity index (χ2n) is 12.8. The number of pyridine rings is 2. The number of imidazole rings is 2. The molecule has 0 aliphatic carbocycles. The van der Waals surface area contributed by atoms with Gasteiger partial charge in [-0.15, -0.1) is 0 Å². The molecule has 12 heteroatoms. The third kappa shape index (κ3) is 5.15. The van der Waals surface area contributed by atoms with E-state index in [0.717, 1.165) is 85.2 Å². The van der Waals surface area contributed by atoms with Crippen LogP contribution < -0.4 is 5.32 Å². The second-order valence-corrected chi connectivity index (χ2v) is 12.8. The fourth-order valence-electron chi connectivity index (χ4n) is 7.66. The number of nitrogens with one attached hydrogen (secondary N) is 3. The van der Waals surface area contributed by atoms with Crippen molar-refractivity contribution >= 4 is 50.0 Å². The molecule has 1 atom stereocenters. The van der Waals surface area contributed by atoms with Gasteiger partial charge in [0.15, 0.2) is 0 Å². The van der Waals surface area contributed by atoms with E-state index in [4.69, 9.17) is 0 Å². The molecule has 12 nitrogen and oxygen atoms in total. The highest BCUT2D eigenvalue weighted by Gasteiger charge is 2.32. The van der Waals surface area contributed by atoms with Gasteiger partial charge in [0.1, 0.15) is 22.3 Å². The first kappa shape index (κ1) is 28.2. The van der Waals surface area contributed by atoms with Crippen LogP contribution in [0.5, 0.6) is 0 Å². The zero-order valence-corrected chi connectivity index (χ0v) is 25.8. The number of likely N-dealkylation sites (N-methyl/N-ethyl adjacent to an activating group) is 1. The Bertz CT molecular complexity index is 1940. The van der Waals surface area contributed by atoms with Crippen molar-refractivity contribution in [2.75, 3.05) is 39.8 Å². The zero-order chi connectivity index (χ0) is 30.3. The third-order valence-corrected chi connectivity index (χ3v) is 10.2. The summed E-state index contributed by atoms with van der Waals surface area (Å²) in [5.74, 6) is 0.323. The molecule has 6 aromatic rings. The SMILES string of the molecule is CN1CCCCC1C(=O)N1CCC(n2cnc3cnc4[nH]ccc4c32)CC1.c1cc2c(ncc3ncn(C4CCNCC4)c32)[nH]1. The average Bonchev–Trinajstić information content (AvgIpc) is 3.90. The maximum atomic E-state index is 13.0. The topological polar surface area (TPSA) is 129 Å². The molecule has 1 amide bonds. The first-order valence-corrected chi connectivity index (χ1v) is 16.4. The average molecular weight is 608 g/mol. The maximum Gasteiger partial charge on any atom is 0.239 e. The van der Waals surface area contributed by atoms with Gasteiger partial charge in [-0.2, -0.15) is 0 Å². The largest absolute Gasteiger partial charge is 0.346 e. The second kappa shape index (κ2) is 11.9. The molecule has 234 valence electrons. The van der Waals surface area contributed by atoms with Crippen molar-refractivity contribution in [3.8, 4) is 0 Å². The van der Waals surface area contributed by atoms with Crippen molar-refractivity contribution in [1.82, 2.24) is 54.2 Å². The van der Waals surface area contributed by atoms with Gasteiger partial charge in [-0.1, -0.05) is 6.42 Å². The number of aromatic amines is 2. The van der Waals surface area contributed by atoms with Crippen LogP contribution >= 0.6 is 0 Å². The van der Waals surface area contributed by atoms with Gasteiger partial charge in [0.2, 0.25) is 5.91 Å². The summed E-state index contributed by atoms with van der Waals surface area (Å²) >= 11 is 0. The lowest BCUT2D eigenvalue weighted by molar-refractivity contribution is -0.139. The van der Waals surface area contributed by atoms with Gasteiger partial charge in [-0.25, -0.2) is 19.9 Å².